The largest absolute Gasteiger partial charge is 0.192 e. The molecule has 0 saturated heterocycles. The maximum absolute atomic E-state index is 8.77. The summed E-state index contributed by atoms with van der Waals surface area (Å²) in [5.74, 6) is 0. The highest BCUT2D eigenvalue weighted by Gasteiger charge is 1.98. The summed E-state index contributed by atoms with van der Waals surface area (Å²) in [6.07, 6.45) is 3.37. The van der Waals surface area contributed by atoms with Crippen LogP contribution in [0.1, 0.15) is 30.9 Å². The molecule has 0 saturated carbocycles. The van der Waals surface area contributed by atoms with Crippen molar-refractivity contribution in [2.75, 3.05) is 0 Å². The molecule has 1 rings (SSSR count). The van der Waals surface area contributed by atoms with Crippen molar-refractivity contribution >= 4 is 0 Å². The zero-order chi connectivity index (χ0) is 8.81. The molecular formula is C11H13N. The van der Waals surface area contributed by atoms with Gasteiger partial charge in [-0.25, -0.2) is 0 Å². The Morgan fingerprint density at radius 1 is 1.33 bits per heavy atom. The monoisotopic (exact) mass is 159 g/mol. The summed E-state index contributed by atoms with van der Waals surface area (Å²) < 4.78 is 0. The van der Waals surface area contributed by atoms with Gasteiger partial charge in [-0.15, -0.1) is 0 Å². The maximum atomic E-state index is 8.77. The van der Waals surface area contributed by atoms with Gasteiger partial charge < -0.3 is 0 Å². The Morgan fingerprint density at radius 3 is 2.75 bits per heavy atom. The number of unbranched alkanes of at least 4 members (excludes halogenated alkanes) is 1. The summed E-state index contributed by atoms with van der Waals surface area (Å²) in [4.78, 5) is 0. The molecule has 1 aromatic carbocycles. The molecular weight excluding hydrogens is 146 g/mol. The van der Waals surface area contributed by atoms with Gasteiger partial charge in [0.05, 0.1) is 11.6 Å². The third-order valence-electron chi connectivity index (χ3n) is 1.94. The Kier molecular flexibility index (Phi) is 3.35. The highest BCUT2D eigenvalue weighted by atomic mass is 14.2. The summed E-state index contributed by atoms with van der Waals surface area (Å²) in [6.45, 7) is 2.16. The van der Waals surface area contributed by atoms with Crippen molar-refractivity contribution in [2.24, 2.45) is 0 Å². The molecule has 0 amide bonds. The van der Waals surface area contributed by atoms with E-state index < -0.39 is 0 Å². The van der Waals surface area contributed by atoms with E-state index in [1.54, 1.807) is 0 Å². The third-order valence-corrected chi connectivity index (χ3v) is 1.94. The third kappa shape index (κ3) is 2.10. The van der Waals surface area contributed by atoms with Crippen molar-refractivity contribution in [1.82, 2.24) is 0 Å². The number of hydrogen-bond acceptors (Lipinski definition) is 1. The van der Waals surface area contributed by atoms with E-state index in [4.69, 9.17) is 5.26 Å². The molecule has 0 heterocycles. The lowest BCUT2D eigenvalue weighted by Gasteiger charge is -2.00. The van der Waals surface area contributed by atoms with E-state index in [1.165, 1.54) is 18.4 Å². The maximum Gasteiger partial charge on any atom is 0.0994 e. The molecule has 0 aromatic heterocycles. The van der Waals surface area contributed by atoms with Crippen molar-refractivity contribution < 1.29 is 0 Å². The molecule has 0 unspecified atom stereocenters. The quantitative estimate of drug-likeness (QED) is 0.665. The molecule has 0 bridgehead atoms. The van der Waals surface area contributed by atoms with Crippen LogP contribution in [0.4, 0.5) is 0 Å². The van der Waals surface area contributed by atoms with Crippen LogP contribution in [0, 0.1) is 11.3 Å². The number of nitrogens with zero attached hydrogens (tertiary/aromatic N) is 1. The molecule has 0 aliphatic rings. The van der Waals surface area contributed by atoms with Crippen LogP contribution in [0.25, 0.3) is 0 Å². The van der Waals surface area contributed by atoms with E-state index in [9.17, 15) is 0 Å². The summed E-state index contributed by atoms with van der Waals surface area (Å²) in [5.41, 5.74) is 2.01. The second-order valence-corrected chi connectivity index (χ2v) is 2.87. The first-order valence-corrected chi connectivity index (χ1v) is 4.36. The van der Waals surface area contributed by atoms with Crippen molar-refractivity contribution in [3.63, 3.8) is 0 Å². The number of rotatable bonds is 3. The van der Waals surface area contributed by atoms with Gasteiger partial charge >= 0.3 is 0 Å². The van der Waals surface area contributed by atoms with Gasteiger partial charge in [0.25, 0.3) is 0 Å². The predicted molar refractivity (Wildman–Crippen MR) is 49.8 cm³/mol. The fourth-order valence-electron chi connectivity index (χ4n) is 1.21. The first-order valence-electron chi connectivity index (χ1n) is 4.36. The standard InChI is InChI=1S/C11H13N/c1-2-3-6-10-7-4-5-8-11(10)9-12/h4-5,7-8H,2-3,6H2,1H3. The summed E-state index contributed by atoms with van der Waals surface area (Å²) in [6, 6.07) is 10.0. The number of aryl methyl sites for hydroxylation is 1. The number of hydrogen-bond donors (Lipinski definition) is 0. The minimum atomic E-state index is 0.825. The lowest BCUT2D eigenvalue weighted by Crippen LogP contribution is -1.88. The summed E-state index contributed by atoms with van der Waals surface area (Å²) in [5, 5.41) is 8.77. The van der Waals surface area contributed by atoms with Crippen molar-refractivity contribution in [3.05, 3.63) is 35.4 Å². The molecule has 62 valence electrons. The molecule has 0 N–H and O–H groups in total. The van der Waals surface area contributed by atoms with Crippen LogP contribution in [0.5, 0.6) is 0 Å². The Hall–Kier alpha value is -1.29. The van der Waals surface area contributed by atoms with E-state index in [-0.39, 0.29) is 0 Å². The SMILES string of the molecule is CCCCc1ccccc1C#N. The van der Waals surface area contributed by atoms with Gasteiger partial charge in [-0.05, 0) is 24.5 Å². The van der Waals surface area contributed by atoms with Crippen LogP contribution in [0.15, 0.2) is 24.3 Å². The molecule has 1 heteroatoms. The summed E-state index contributed by atoms with van der Waals surface area (Å²) in [7, 11) is 0. The molecule has 1 nitrogen and oxygen atoms in total. The Balaban J connectivity index is 2.77. The number of benzene rings is 1. The van der Waals surface area contributed by atoms with Crippen LogP contribution in [0.2, 0.25) is 0 Å². The van der Waals surface area contributed by atoms with Gasteiger partial charge in [0, 0.05) is 0 Å². The van der Waals surface area contributed by atoms with E-state index in [2.05, 4.69) is 13.0 Å². The molecule has 0 radical (unpaired) electrons. The first-order chi connectivity index (χ1) is 5.88. The van der Waals surface area contributed by atoms with E-state index in [0.29, 0.717) is 0 Å². The van der Waals surface area contributed by atoms with Crippen LogP contribution < -0.4 is 0 Å². The van der Waals surface area contributed by atoms with Gasteiger partial charge in [0.1, 0.15) is 0 Å². The molecule has 0 aliphatic heterocycles. The molecule has 0 atom stereocenters. The highest BCUT2D eigenvalue weighted by Crippen LogP contribution is 2.10. The smallest absolute Gasteiger partial charge is 0.0994 e. The minimum Gasteiger partial charge on any atom is -0.192 e. The van der Waals surface area contributed by atoms with Crippen molar-refractivity contribution in [1.29, 1.82) is 5.26 Å². The number of nitriles is 1. The van der Waals surface area contributed by atoms with Crippen molar-refractivity contribution in [3.8, 4) is 6.07 Å². The first kappa shape index (κ1) is 8.80. The molecule has 12 heavy (non-hydrogen) atoms. The predicted octanol–water partition coefficient (Wildman–Crippen LogP) is 2.90. The lowest BCUT2D eigenvalue weighted by molar-refractivity contribution is 0.793. The fraction of sp³-hybridized carbons (Fsp3) is 0.364. The van der Waals surface area contributed by atoms with Gasteiger partial charge in [-0.1, -0.05) is 31.5 Å². The topological polar surface area (TPSA) is 23.8 Å². The fourth-order valence-corrected chi connectivity index (χ4v) is 1.21. The zero-order valence-corrected chi connectivity index (χ0v) is 7.38. The van der Waals surface area contributed by atoms with E-state index >= 15 is 0 Å². The van der Waals surface area contributed by atoms with Gasteiger partial charge in [0.15, 0.2) is 0 Å². The second-order valence-electron chi connectivity index (χ2n) is 2.87. The second kappa shape index (κ2) is 4.56. The zero-order valence-electron chi connectivity index (χ0n) is 7.38. The van der Waals surface area contributed by atoms with Crippen molar-refractivity contribution in [2.45, 2.75) is 26.2 Å². The van der Waals surface area contributed by atoms with E-state index in [0.717, 1.165) is 12.0 Å². The molecule has 0 fully saturated rings. The molecule has 1 aromatic rings. The normalized spacial score (nSPS) is 9.33. The minimum absolute atomic E-state index is 0.825. The lowest BCUT2D eigenvalue weighted by atomic mass is 10.0. The Morgan fingerprint density at radius 2 is 2.08 bits per heavy atom. The van der Waals surface area contributed by atoms with Gasteiger partial charge in [-0.2, -0.15) is 5.26 Å². The Labute approximate surface area is 73.6 Å². The van der Waals surface area contributed by atoms with Crippen LogP contribution in [0.3, 0.4) is 0 Å². The van der Waals surface area contributed by atoms with Crippen LogP contribution in [-0.2, 0) is 6.42 Å². The molecule has 0 spiro atoms. The average molecular weight is 159 g/mol. The van der Waals surface area contributed by atoms with E-state index in [1.807, 2.05) is 24.3 Å². The van der Waals surface area contributed by atoms with Gasteiger partial charge in [0.2, 0.25) is 0 Å². The molecule has 0 aliphatic carbocycles. The summed E-state index contributed by atoms with van der Waals surface area (Å²) >= 11 is 0. The Bertz CT molecular complexity index is 283. The highest BCUT2D eigenvalue weighted by molar-refractivity contribution is 5.37. The van der Waals surface area contributed by atoms with Crippen LogP contribution >= 0.6 is 0 Å². The average Bonchev–Trinajstić information content (AvgIpc) is 2.15. The van der Waals surface area contributed by atoms with Gasteiger partial charge in [-0.3, -0.25) is 0 Å². The van der Waals surface area contributed by atoms with Crippen LogP contribution in [-0.4, -0.2) is 0 Å².